The Kier molecular flexibility index (Phi) is 5.52. The lowest BCUT2D eigenvalue weighted by atomic mass is 9.68. The lowest BCUT2D eigenvalue weighted by Crippen LogP contribution is -2.52. The molecule has 2 saturated carbocycles. The largest absolute Gasteiger partial charge is 0.379 e. The molecule has 1 aliphatic heterocycles. The van der Waals surface area contributed by atoms with Crippen molar-refractivity contribution in [3.8, 4) is 0 Å². The van der Waals surface area contributed by atoms with Gasteiger partial charge in [0.25, 0.3) is 5.91 Å². The maximum atomic E-state index is 13.3. The van der Waals surface area contributed by atoms with Gasteiger partial charge in [0, 0.05) is 24.7 Å². The van der Waals surface area contributed by atoms with Crippen LogP contribution in [0.15, 0.2) is 23.1 Å². The minimum Gasteiger partial charge on any atom is -0.379 e. The van der Waals surface area contributed by atoms with Gasteiger partial charge in [-0.25, -0.2) is 8.42 Å². The van der Waals surface area contributed by atoms with Crippen LogP contribution in [0, 0.1) is 16.7 Å². The smallest absolute Gasteiger partial charge is 0.251 e. The number of rotatable bonds is 5. The minimum absolute atomic E-state index is 0.0503. The number of fused-ring (bicyclic) bond motifs is 2. The molecule has 6 nitrogen and oxygen atoms in total. The zero-order valence-electron chi connectivity index (χ0n) is 18.5. The molecule has 2 aliphatic carbocycles. The summed E-state index contributed by atoms with van der Waals surface area (Å²) in [5, 5.41) is 3.29. The lowest BCUT2D eigenvalue weighted by molar-refractivity contribution is 0.0728. The molecule has 1 aromatic carbocycles. The van der Waals surface area contributed by atoms with E-state index in [9.17, 15) is 13.2 Å². The Balaban J connectivity index is 1.62. The summed E-state index contributed by atoms with van der Waals surface area (Å²) in [5.41, 5.74) is 1.33. The van der Waals surface area contributed by atoms with Gasteiger partial charge in [0.2, 0.25) is 10.0 Å². The first kappa shape index (κ1) is 21.8. The van der Waals surface area contributed by atoms with Gasteiger partial charge in [-0.2, -0.15) is 4.31 Å². The highest BCUT2D eigenvalue weighted by Gasteiger charge is 2.59. The van der Waals surface area contributed by atoms with Crippen molar-refractivity contribution in [3.05, 3.63) is 29.3 Å². The van der Waals surface area contributed by atoms with E-state index in [0.29, 0.717) is 44.2 Å². The number of hydrogen-bond acceptors (Lipinski definition) is 4. The van der Waals surface area contributed by atoms with Gasteiger partial charge in [-0.1, -0.05) is 33.8 Å². The van der Waals surface area contributed by atoms with Gasteiger partial charge in [-0.15, -0.1) is 0 Å². The molecule has 4 rings (SSSR count). The number of hydrogen-bond donors (Lipinski definition) is 1. The van der Waals surface area contributed by atoms with E-state index in [1.165, 1.54) is 10.7 Å². The number of morpholine rings is 1. The summed E-state index contributed by atoms with van der Waals surface area (Å²) in [6.07, 6.45) is 4.10. The molecule has 3 atom stereocenters. The van der Waals surface area contributed by atoms with Gasteiger partial charge in [0.15, 0.2) is 0 Å². The van der Waals surface area contributed by atoms with Gasteiger partial charge in [-0.05, 0) is 60.1 Å². The Morgan fingerprint density at radius 3 is 2.53 bits per heavy atom. The van der Waals surface area contributed by atoms with Crippen molar-refractivity contribution in [2.75, 3.05) is 26.3 Å². The van der Waals surface area contributed by atoms with Crippen LogP contribution >= 0.6 is 0 Å². The third-order valence-electron chi connectivity index (χ3n) is 7.84. The fourth-order valence-electron chi connectivity index (χ4n) is 6.03. The minimum atomic E-state index is -3.66. The van der Waals surface area contributed by atoms with Crippen LogP contribution < -0.4 is 5.32 Å². The number of amides is 1. The molecule has 1 amide bonds. The van der Waals surface area contributed by atoms with Gasteiger partial charge in [0.1, 0.15) is 0 Å². The van der Waals surface area contributed by atoms with E-state index in [-0.39, 0.29) is 27.7 Å². The Morgan fingerprint density at radius 2 is 1.93 bits per heavy atom. The molecule has 2 bridgehead atoms. The molecule has 0 aromatic heterocycles. The van der Waals surface area contributed by atoms with Crippen molar-refractivity contribution in [2.45, 2.75) is 64.3 Å². The van der Waals surface area contributed by atoms with Crippen molar-refractivity contribution >= 4 is 15.9 Å². The highest BCUT2D eigenvalue weighted by Crippen LogP contribution is 2.62. The molecule has 30 heavy (non-hydrogen) atoms. The highest BCUT2D eigenvalue weighted by molar-refractivity contribution is 7.89. The van der Waals surface area contributed by atoms with Crippen LogP contribution in [0.4, 0.5) is 0 Å². The second-order valence-electron chi connectivity index (χ2n) is 10.0. The molecule has 3 aliphatic rings. The number of nitrogens with one attached hydrogen (secondary N) is 1. The number of carbonyl (C=O) groups excluding carboxylic acids is 1. The van der Waals surface area contributed by atoms with Gasteiger partial charge < -0.3 is 10.1 Å². The monoisotopic (exact) mass is 434 g/mol. The normalized spacial score (nSPS) is 31.1. The maximum absolute atomic E-state index is 13.3. The summed E-state index contributed by atoms with van der Waals surface area (Å²) in [6, 6.07) is 5.22. The second kappa shape index (κ2) is 7.61. The molecule has 1 N–H and O–H groups in total. The number of benzene rings is 1. The topological polar surface area (TPSA) is 75.7 Å². The summed E-state index contributed by atoms with van der Waals surface area (Å²) in [6.45, 7) is 10.2. The second-order valence-corrected chi connectivity index (χ2v) is 11.9. The van der Waals surface area contributed by atoms with Crippen LogP contribution in [0.5, 0.6) is 0 Å². The van der Waals surface area contributed by atoms with Crippen LogP contribution in [-0.4, -0.2) is 51.0 Å². The number of nitrogens with zero attached hydrogens (tertiary/aromatic N) is 1. The molecule has 7 heteroatoms. The quantitative estimate of drug-likeness (QED) is 0.772. The van der Waals surface area contributed by atoms with E-state index in [4.69, 9.17) is 4.74 Å². The summed E-state index contributed by atoms with van der Waals surface area (Å²) in [7, 11) is -3.66. The fourth-order valence-corrected chi connectivity index (χ4v) is 7.76. The van der Waals surface area contributed by atoms with E-state index >= 15 is 0 Å². The summed E-state index contributed by atoms with van der Waals surface area (Å²) in [4.78, 5) is 13.5. The van der Waals surface area contributed by atoms with E-state index in [0.717, 1.165) is 18.4 Å². The number of aryl methyl sites for hydroxylation is 1. The average molecular weight is 435 g/mol. The number of sulfonamides is 1. The number of ether oxygens (including phenoxy) is 1. The molecule has 0 spiro atoms. The SMILES string of the molecule is CCc1ccc(C(=O)NC2C3(C)CC[C@@H](C3)C2(C)C)cc1S(=O)(=O)N1CCOCC1. The number of carbonyl (C=O) groups is 1. The average Bonchev–Trinajstić information content (AvgIpc) is 3.22. The van der Waals surface area contributed by atoms with Crippen LogP contribution in [-0.2, 0) is 21.2 Å². The molecular formula is C23H34N2O4S. The Bertz CT molecular complexity index is 932. The molecule has 1 heterocycles. The summed E-state index contributed by atoms with van der Waals surface area (Å²) >= 11 is 0. The zero-order valence-corrected chi connectivity index (χ0v) is 19.3. The van der Waals surface area contributed by atoms with Crippen molar-refractivity contribution in [1.82, 2.24) is 9.62 Å². The highest BCUT2D eigenvalue weighted by atomic mass is 32.2. The Hall–Kier alpha value is -1.44. The zero-order chi connectivity index (χ0) is 21.7. The molecular weight excluding hydrogens is 400 g/mol. The van der Waals surface area contributed by atoms with Crippen molar-refractivity contribution < 1.29 is 17.9 Å². The third-order valence-corrected chi connectivity index (χ3v) is 9.82. The first-order chi connectivity index (χ1) is 14.1. The summed E-state index contributed by atoms with van der Waals surface area (Å²) in [5.74, 6) is 0.454. The Labute approximate surface area is 180 Å². The molecule has 3 fully saturated rings. The first-order valence-corrected chi connectivity index (χ1v) is 12.6. The maximum Gasteiger partial charge on any atom is 0.251 e. The predicted molar refractivity (Wildman–Crippen MR) is 116 cm³/mol. The third kappa shape index (κ3) is 3.49. The van der Waals surface area contributed by atoms with Crippen LogP contribution in [0.1, 0.15) is 62.9 Å². The van der Waals surface area contributed by atoms with Crippen molar-refractivity contribution in [3.63, 3.8) is 0 Å². The van der Waals surface area contributed by atoms with E-state index in [1.807, 2.05) is 6.92 Å². The van der Waals surface area contributed by atoms with E-state index in [2.05, 4.69) is 26.1 Å². The molecule has 1 saturated heterocycles. The van der Waals surface area contributed by atoms with Gasteiger partial charge >= 0.3 is 0 Å². The lowest BCUT2D eigenvalue weighted by Gasteiger charge is -2.43. The molecule has 1 aromatic rings. The van der Waals surface area contributed by atoms with E-state index < -0.39 is 10.0 Å². The van der Waals surface area contributed by atoms with Gasteiger partial charge in [-0.3, -0.25) is 4.79 Å². The predicted octanol–water partition coefficient (Wildman–Crippen LogP) is 3.21. The molecule has 0 radical (unpaired) electrons. The van der Waals surface area contributed by atoms with Gasteiger partial charge in [0.05, 0.1) is 18.1 Å². The van der Waals surface area contributed by atoms with E-state index in [1.54, 1.807) is 18.2 Å². The fraction of sp³-hybridized carbons (Fsp3) is 0.696. The van der Waals surface area contributed by atoms with Crippen LogP contribution in [0.2, 0.25) is 0 Å². The summed E-state index contributed by atoms with van der Waals surface area (Å²) < 4.78 is 33.3. The Morgan fingerprint density at radius 1 is 1.23 bits per heavy atom. The standard InChI is InChI=1S/C23H34N2O4S/c1-5-16-6-7-17(14-19(16)30(27,28)25-10-12-29-13-11-25)20(26)24-21-22(2,3)18-8-9-23(21,4)15-18/h6-7,14,18,21H,5,8-13,15H2,1-4H3,(H,24,26)/t18-,21?,23?/m0/s1. The van der Waals surface area contributed by atoms with Crippen LogP contribution in [0.25, 0.3) is 0 Å². The van der Waals surface area contributed by atoms with Crippen LogP contribution in [0.3, 0.4) is 0 Å². The molecule has 166 valence electrons. The van der Waals surface area contributed by atoms with Crippen molar-refractivity contribution in [1.29, 1.82) is 0 Å². The van der Waals surface area contributed by atoms with Crippen molar-refractivity contribution in [2.24, 2.45) is 16.7 Å². The molecule has 2 unspecified atom stereocenters. The first-order valence-electron chi connectivity index (χ1n) is 11.1.